The molecule has 0 radical (unpaired) electrons. The Bertz CT molecular complexity index is 789. The molecule has 1 aliphatic rings. The fraction of sp³-hybridized carbons (Fsp3) is 0.632. The van der Waals surface area contributed by atoms with Crippen LogP contribution in [-0.2, 0) is 24.4 Å². The number of hydrogen-bond acceptors (Lipinski definition) is 6. The molecule has 0 heterocycles. The Hall–Kier alpha value is -1.81. The number of rotatable bonds is 6. The summed E-state index contributed by atoms with van der Waals surface area (Å²) >= 11 is 0. The molecule has 6 nitrogen and oxygen atoms in total. The minimum atomic E-state index is -5.68. The predicted molar refractivity (Wildman–Crippen MR) is 98.8 cm³/mol. The molecule has 0 saturated heterocycles. The van der Waals surface area contributed by atoms with Crippen molar-refractivity contribution in [3.63, 3.8) is 0 Å². The molecule has 0 bridgehead atoms. The van der Waals surface area contributed by atoms with Crippen LogP contribution in [0.15, 0.2) is 24.3 Å². The zero-order valence-electron chi connectivity index (χ0n) is 16.5. The summed E-state index contributed by atoms with van der Waals surface area (Å²) in [4.78, 5) is 11.7. The van der Waals surface area contributed by atoms with Gasteiger partial charge in [0.25, 0.3) is 0 Å². The van der Waals surface area contributed by atoms with Gasteiger partial charge in [-0.1, -0.05) is 12.1 Å². The molecule has 164 valence electrons. The van der Waals surface area contributed by atoms with E-state index in [-0.39, 0.29) is 24.4 Å². The number of benzene rings is 1. The van der Waals surface area contributed by atoms with E-state index >= 15 is 0 Å². The van der Waals surface area contributed by atoms with Gasteiger partial charge in [0.05, 0.1) is 6.10 Å². The summed E-state index contributed by atoms with van der Waals surface area (Å²) in [5, 5.41) is 0. The molecule has 1 aliphatic carbocycles. The summed E-state index contributed by atoms with van der Waals surface area (Å²) in [5.74, 6) is -0.630. The van der Waals surface area contributed by atoms with Crippen molar-refractivity contribution in [3.8, 4) is 5.75 Å². The van der Waals surface area contributed by atoms with E-state index in [1.807, 2.05) is 0 Å². The van der Waals surface area contributed by atoms with Gasteiger partial charge in [0.2, 0.25) is 0 Å². The Kier molecular flexibility index (Phi) is 7.21. The Morgan fingerprint density at radius 2 is 1.59 bits per heavy atom. The maximum absolute atomic E-state index is 12.4. The SMILES string of the molecule is CC(C)(C)OC(=O)COC1CCC(c2ccc(OS(=O)(=O)C(F)(F)F)cc2)CC1. The van der Waals surface area contributed by atoms with Crippen LogP contribution in [-0.4, -0.2) is 38.2 Å². The topological polar surface area (TPSA) is 78.9 Å². The fourth-order valence-corrected chi connectivity index (χ4v) is 3.55. The molecule has 1 fully saturated rings. The second-order valence-corrected chi connectivity index (χ2v) is 9.46. The van der Waals surface area contributed by atoms with Gasteiger partial charge in [0.15, 0.2) is 0 Å². The number of alkyl halides is 3. The molecule has 0 spiro atoms. The summed E-state index contributed by atoms with van der Waals surface area (Å²) in [7, 11) is -5.68. The molecule has 2 rings (SSSR count). The van der Waals surface area contributed by atoms with Crippen molar-refractivity contribution in [3.05, 3.63) is 29.8 Å². The first-order valence-electron chi connectivity index (χ1n) is 9.21. The molecular formula is C19H25F3O6S. The monoisotopic (exact) mass is 438 g/mol. The molecule has 29 heavy (non-hydrogen) atoms. The van der Waals surface area contributed by atoms with E-state index < -0.39 is 27.2 Å². The molecule has 0 amide bonds. The number of carbonyl (C=O) groups is 1. The van der Waals surface area contributed by atoms with Gasteiger partial charge in [-0.2, -0.15) is 21.6 Å². The highest BCUT2D eigenvalue weighted by Crippen LogP contribution is 2.35. The van der Waals surface area contributed by atoms with Crippen LogP contribution < -0.4 is 4.18 Å². The highest BCUT2D eigenvalue weighted by Gasteiger charge is 2.48. The van der Waals surface area contributed by atoms with Crippen LogP contribution in [0.5, 0.6) is 5.75 Å². The molecule has 1 saturated carbocycles. The van der Waals surface area contributed by atoms with Gasteiger partial charge >= 0.3 is 21.6 Å². The van der Waals surface area contributed by atoms with Crippen molar-refractivity contribution >= 4 is 16.1 Å². The van der Waals surface area contributed by atoms with Crippen LogP contribution in [0.25, 0.3) is 0 Å². The third-order valence-corrected chi connectivity index (χ3v) is 5.35. The lowest BCUT2D eigenvalue weighted by Crippen LogP contribution is -2.29. The molecule has 0 N–H and O–H groups in total. The molecule has 10 heteroatoms. The Morgan fingerprint density at radius 1 is 1.03 bits per heavy atom. The van der Waals surface area contributed by atoms with Crippen LogP contribution in [0, 0.1) is 0 Å². The number of hydrogen-bond donors (Lipinski definition) is 0. The zero-order valence-corrected chi connectivity index (χ0v) is 17.3. The number of esters is 1. The van der Waals surface area contributed by atoms with Crippen molar-refractivity contribution in [2.75, 3.05) is 6.61 Å². The largest absolute Gasteiger partial charge is 0.534 e. The lowest BCUT2D eigenvalue weighted by Gasteiger charge is -2.29. The maximum atomic E-state index is 12.4. The van der Waals surface area contributed by atoms with Gasteiger partial charge < -0.3 is 13.7 Å². The van der Waals surface area contributed by atoms with Gasteiger partial charge in [-0.25, -0.2) is 4.79 Å². The van der Waals surface area contributed by atoms with Crippen LogP contribution in [0.3, 0.4) is 0 Å². The third kappa shape index (κ3) is 7.18. The second-order valence-electron chi connectivity index (χ2n) is 7.92. The van der Waals surface area contributed by atoms with E-state index in [9.17, 15) is 26.4 Å². The highest BCUT2D eigenvalue weighted by molar-refractivity contribution is 7.88. The van der Waals surface area contributed by atoms with E-state index in [1.54, 1.807) is 32.9 Å². The van der Waals surface area contributed by atoms with E-state index in [0.29, 0.717) is 0 Å². The van der Waals surface area contributed by atoms with Gasteiger partial charge in [-0.3, -0.25) is 0 Å². The average molecular weight is 438 g/mol. The van der Waals surface area contributed by atoms with E-state index in [1.165, 1.54) is 12.1 Å². The van der Waals surface area contributed by atoms with Crippen molar-refractivity contribution in [1.29, 1.82) is 0 Å². The summed E-state index contributed by atoms with van der Waals surface area (Å²) in [6.07, 6.45) is 2.96. The normalized spacial score (nSPS) is 20.9. The summed E-state index contributed by atoms with van der Waals surface area (Å²) in [6.45, 7) is 5.24. The average Bonchev–Trinajstić information content (AvgIpc) is 2.58. The number of ether oxygens (including phenoxy) is 2. The molecule has 1 aromatic rings. The molecule has 0 atom stereocenters. The molecule has 0 unspecified atom stereocenters. The number of carbonyl (C=O) groups excluding carboxylic acids is 1. The van der Waals surface area contributed by atoms with Gasteiger partial charge in [0, 0.05) is 0 Å². The first-order valence-corrected chi connectivity index (χ1v) is 10.6. The second kappa shape index (κ2) is 8.91. The van der Waals surface area contributed by atoms with Crippen LogP contribution in [0.4, 0.5) is 13.2 Å². The summed E-state index contributed by atoms with van der Waals surface area (Å²) in [5.41, 5.74) is -5.15. The van der Waals surface area contributed by atoms with E-state index in [0.717, 1.165) is 31.2 Å². The van der Waals surface area contributed by atoms with Gasteiger partial charge in [0.1, 0.15) is 18.0 Å². The minimum Gasteiger partial charge on any atom is -0.458 e. The van der Waals surface area contributed by atoms with Gasteiger partial charge in [-0.15, -0.1) is 0 Å². The Balaban J connectivity index is 1.83. The zero-order chi connectivity index (χ0) is 21.9. The Labute approximate surface area is 168 Å². The number of halogens is 3. The summed E-state index contributed by atoms with van der Waals surface area (Å²) < 4.78 is 74.1. The van der Waals surface area contributed by atoms with Crippen molar-refractivity contribution in [2.45, 2.75) is 69.6 Å². The smallest absolute Gasteiger partial charge is 0.458 e. The maximum Gasteiger partial charge on any atom is 0.534 e. The van der Waals surface area contributed by atoms with E-state index in [2.05, 4.69) is 4.18 Å². The van der Waals surface area contributed by atoms with Crippen molar-refractivity contribution < 1.29 is 40.0 Å². The standard InChI is InChI=1S/C19H25F3O6S/c1-18(2,3)27-17(23)12-26-15-8-4-13(5-9-15)14-6-10-16(11-7-14)28-29(24,25)19(20,21)22/h6-7,10-11,13,15H,4-5,8-9,12H2,1-3H3. The third-order valence-electron chi connectivity index (χ3n) is 4.37. The highest BCUT2D eigenvalue weighted by atomic mass is 32.2. The summed E-state index contributed by atoms with van der Waals surface area (Å²) in [6, 6.07) is 5.55. The molecule has 1 aromatic carbocycles. The van der Waals surface area contributed by atoms with Crippen LogP contribution >= 0.6 is 0 Å². The first-order chi connectivity index (χ1) is 13.3. The minimum absolute atomic E-state index is 0.0571. The predicted octanol–water partition coefficient (Wildman–Crippen LogP) is 4.30. The van der Waals surface area contributed by atoms with Gasteiger partial charge in [-0.05, 0) is 70.1 Å². The molecular weight excluding hydrogens is 413 g/mol. The molecule has 0 aromatic heterocycles. The van der Waals surface area contributed by atoms with Crippen LogP contribution in [0.2, 0.25) is 0 Å². The van der Waals surface area contributed by atoms with E-state index in [4.69, 9.17) is 9.47 Å². The Morgan fingerprint density at radius 3 is 2.07 bits per heavy atom. The van der Waals surface area contributed by atoms with Crippen LogP contribution in [0.1, 0.15) is 57.9 Å². The van der Waals surface area contributed by atoms with Crippen molar-refractivity contribution in [1.82, 2.24) is 0 Å². The van der Waals surface area contributed by atoms with Crippen molar-refractivity contribution in [2.24, 2.45) is 0 Å². The first kappa shape index (κ1) is 23.5. The molecule has 0 aliphatic heterocycles. The fourth-order valence-electron chi connectivity index (χ4n) is 3.09. The lowest BCUT2D eigenvalue weighted by molar-refractivity contribution is -0.162. The quantitative estimate of drug-likeness (QED) is 0.374. The lowest BCUT2D eigenvalue weighted by atomic mass is 9.83.